The number of ether oxygens (including phenoxy) is 2. The van der Waals surface area contributed by atoms with E-state index in [0.717, 1.165) is 17.9 Å². The molecule has 0 bridgehead atoms. The minimum Gasteiger partial charge on any atom is -0.458 e. The first-order chi connectivity index (χ1) is 7.11. The fourth-order valence-corrected chi connectivity index (χ4v) is 2.04. The van der Waals surface area contributed by atoms with Crippen LogP contribution in [0.5, 0.6) is 0 Å². The van der Waals surface area contributed by atoms with Gasteiger partial charge in [-0.2, -0.15) is 0 Å². The van der Waals surface area contributed by atoms with Gasteiger partial charge in [-0.05, 0) is 29.4 Å². The first-order valence-electron chi connectivity index (χ1n) is 5.56. The molecule has 15 heavy (non-hydrogen) atoms. The molecular formula is C13H18O2. The first-order valence-corrected chi connectivity index (χ1v) is 5.56. The average molecular weight is 206 g/mol. The van der Waals surface area contributed by atoms with Crippen molar-refractivity contribution in [2.75, 3.05) is 0 Å². The number of fused-ring (bicyclic) bond motifs is 1. The molecule has 2 aliphatic rings. The van der Waals surface area contributed by atoms with Crippen LogP contribution in [0.25, 0.3) is 0 Å². The lowest BCUT2D eigenvalue weighted by Gasteiger charge is -2.16. The Morgan fingerprint density at radius 2 is 1.27 bits per heavy atom. The lowest BCUT2D eigenvalue weighted by Crippen LogP contribution is -2.02. The van der Waals surface area contributed by atoms with Crippen molar-refractivity contribution in [3.63, 3.8) is 0 Å². The van der Waals surface area contributed by atoms with E-state index in [-0.39, 0.29) is 0 Å². The van der Waals surface area contributed by atoms with Crippen molar-refractivity contribution in [1.29, 1.82) is 0 Å². The van der Waals surface area contributed by atoms with Crippen molar-refractivity contribution in [2.24, 2.45) is 11.8 Å². The van der Waals surface area contributed by atoms with E-state index in [9.17, 15) is 0 Å². The third-order valence-corrected chi connectivity index (χ3v) is 2.99. The Kier molecular flexibility index (Phi) is 2.59. The summed E-state index contributed by atoms with van der Waals surface area (Å²) in [5.41, 5.74) is 2.72. The minimum atomic E-state index is 0.515. The molecule has 2 rings (SSSR count). The fraction of sp³-hybridized carbons (Fsp3) is 0.538. The zero-order valence-electron chi connectivity index (χ0n) is 9.83. The maximum absolute atomic E-state index is 5.57. The quantitative estimate of drug-likeness (QED) is 0.685. The van der Waals surface area contributed by atoms with Crippen LogP contribution < -0.4 is 0 Å². The summed E-state index contributed by atoms with van der Waals surface area (Å²) in [5.74, 6) is 2.94. The van der Waals surface area contributed by atoms with Gasteiger partial charge in [0.2, 0.25) is 0 Å². The third kappa shape index (κ3) is 1.69. The van der Waals surface area contributed by atoms with Crippen LogP contribution >= 0.6 is 0 Å². The summed E-state index contributed by atoms with van der Waals surface area (Å²) in [4.78, 5) is 0. The highest BCUT2D eigenvalue weighted by atomic mass is 16.6. The summed E-state index contributed by atoms with van der Waals surface area (Å²) in [7, 11) is 0. The van der Waals surface area contributed by atoms with Gasteiger partial charge in [0, 0.05) is 0 Å². The lowest BCUT2D eigenvalue weighted by atomic mass is 9.95. The number of hydrogen-bond donors (Lipinski definition) is 0. The Balaban J connectivity index is 2.39. The first kappa shape index (κ1) is 10.3. The molecule has 1 heterocycles. The molecule has 0 unspecified atom stereocenters. The fourth-order valence-electron chi connectivity index (χ4n) is 2.04. The van der Waals surface area contributed by atoms with E-state index in [1.54, 1.807) is 12.5 Å². The van der Waals surface area contributed by atoms with Crippen molar-refractivity contribution in [3.8, 4) is 0 Å². The van der Waals surface area contributed by atoms with Gasteiger partial charge < -0.3 is 9.47 Å². The Labute approximate surface area is 91.3 Å². The van der Waals surface area contributed by atoms with Gasteiger partial charge in [0.25, 0.3) is 0 Å². The average Bonchev–Trinajstić information content (AvgIpc) is 2.56. The van der Waals surface area contributed by atoms with Crippen LogP contribution in [0.3, 0.4) is 0 Å². The summed E-state index contributed by atoms with van der Waals surface area (Å²) >= 11 is 0. The van der Waals surface area contributed by atoms with E-state index in [1.807, 2.05) is 0 Å². The molecule has 2 nitrogen and oxygen atoms in total. The van der Waals surface area contributed by atoms with Crippen molar-refractivity contribution in [2.45, 2.75) is 34.1 Å². The maximum atomic E-state index is 5.57. The largest absolute Gasteiger partial charge is 0.458 e. The monoisotopic (exact) mass is 206 g/mol. The predicted molar refractivity (Wildman–Crippen MR) is 59.7 cm³/mol. The van der Waals surface area contributed by atoms with Crippen molar-refractivity contribution >= 4 is 0 Å². The standard InChI is InChI=1S/C13H18O2/c1-8(2)10-7-11(9(3)4)13-12(10)14-5-6-15-13/h5-6,8-9H,7H2,1-4H3. The second-order valence-corrected chi connectivity index (χ2v) is 4.70. The van der Waals surface area contributed by atoms with E-state index in [4.69, 9.17) is 9.47 Å². The Hall–Kier alpha value is -1.18. The Morgan fingerprint density at radius 1 is 0.867 bits per heavy atom. The van der Waals surface area contributed by atoms with Crippen LogP contribution in [-0.2, 0) is 9.47 Å². The molecule has 1 aliphatic carbocycles. The normalized spacial score (nSPS) is 19.9. The van der Waals surface area contributed by atoms with Crippen molar-refractivity contribution < 1.29 is 9.47 Å². The molecule has 0 saturated carbocycles. The zero-order valence-corrected chi connectivity index (χ0v) is 9.83. The van der Waals surface area contributed by atoms with E-state index >= 15 is 0 Å². The summed E-state index contributed by atoms with van der Waals surface area (Å²) in [5, 5.41) is 0. The van der Waals surface area contributed by atoms with Crippen LogP contribution in [0.1, 0.15) is 34.1 Å². The minimum absolute atomic E-state index is 0.515. The lowest BCUT2D eigenvalue weighted by molar-refractivity contribution is 0.222. The summed E-state index contributed by atoms with van der Waals surface area (Å²) in [6, 6.07) is 0. The number of rotatable bonds is 2. The number of hydrogen-bond acceptors (Lipinski definition) is 2. The van der Waals surface area contributed by atoms with Gasteiger partial charge in [0.1, 0.15) is 12.5 Å². The van der Waals surface area contributed by atoms with Crippen LogP contribution in [-0.4, -0.2) is 0 Å². The Bertz CT molecular complexity index is 323. The van der Waals surface area contributed by atoms with E-state index in [2.05, 4.69) is 27.7 Å². The molecule has 0 saturated heterocycles. The molecule has 0 fully saturated rings. The topological polar surface area (TPSA) is 18.5 Å². The van der Waals surface area contributed by atoms with Gasteiger partial charge in [0.05, 0.1) is 0 Å². The van der Waals surface area contributed by atoms with Gasteiger partial charge in [-0.15, -0.1) is 0 Å². The second-order valence-electron chi connectivity index (χ2n) is 4.70. The summed E-state index contributed by atoms with van der Waals surface area (Å²) < 4.78 is 11.1. The highest BCUT2D eigenvalue weighted by Gasteiger charge is 2.31. The van der Waals surface area contributed by atoms with E-state index in [1.165, 1.54) is 11.1 Å². The second kappa shape index (κ2) is 3.76. The van der Waals surface area contributed by atoms with Crippen LogP contribution in [0.4, 0.5) is 0 Å². The van der Waals surface area contributed by atoms with E-state index < -0.39 is 0 Å². The Morgan fingerprint density at radius 3 is 1.60 bits per heavy atom. The summed E-state index contributed by atoms with van der Waals surface area (Å²) in [6.07, 6.45) is 4.23. The van der Waals surface area contributed by atoms with Gasteiger partial charge in [-0.3, -0.25) is 0 Å². The molecule has 82 valence electrons. The molecule has 0 N–H and O–H groups in total. The van der Waals surface area contributed by atoms with Crippen LogP contribution in [0.2, 0.25) is 0 Å². The van der Waals surface area contributed by atoms with Gasteiger partial charge in [-0.25, -0.2) is 0 Å². The molecule has 0 aromatic rings. The molecule has 1 aliphatic heterocycles. The molecule has 0 radical (unpaired) electrons. The molecule has 2 heteroatoms. The zero-order chi connectivity index (χ0) is 11.0. The molecule has 0 spiro atoms. The molecule has 0 aromatic heterocycles. The molecule has 0 atom stereocenters. The smallest absolute Gasteiger partial charge is 0.168 e. The van der Waals surface area contributed by atoms with Gasteiger partial charge in [-0.1, -0.05) is 27.7 Å². The van der Waals surface area contributed by atoms with Crippen molar-refractivity contribution in [3.05, 3.63) is 35.2 Å². The van der Waals surface area contributed by atoms with Crippen LogP contribution in [0, 0.1) is 11.8 Å². The number of allylic oxidation sites excluding steroid dienone is 2. The third-order valence-electron chi connectivity index (χ3n) is 2.99. The SMILES string of the molecule is CC(C)C1=C2OC=COC2=C(C(C)C)C1. The highest BCUT2D eigenvalue weighted by Crippen LogP contribution is 2.42. The van der Waals surface area contributed by atoms with Crippen LogP contribution in [0.15, 0.2) is 35.2 Å². The van der Waals surface area contributed by atoms with E-state index in [0.29, 0.717) is 11.8 Å². The predicted octanol–water partition coefficient (Wildman–Crippen LogP) is 3.73. The summed E-state index contributed by atoms with van der Waals surface area (Å²) in [6.45, 7) is 8.80. The van der Waals surface area contributed by atoms with Gasteiger partial charge in [0.15, 0.2) is 11.5 Å². The van der Waals surface area contributed by atoms with Crippen molar-refractivity contribution in [1.82, 2.24) is 0 Å². The molecule has 0 amide bonds. The highest BCUT2D eigenvalue weighted by molar-refractivity contribution is 5.43. The maximum Gasteiger partial charge on any atom is 0.168 e. The molecular weight excluding hydrogens is 188 g/mol. The van der Waals surface area contributed by atoms with Gasteiger partial charge >= 0.3 is 0 Å². The molecule has 0 aromatic carbocycles.